The molecule has 0 saturated heterocycles. The lowest BCUT2D eigenvalue weighted by atomic mass is 10.00. The molecule has 15 heavy (non-hydrogen) atoms. The van der Waals surface area contributed by atoms with Crippen molar-refractivity contribution in [1.29, 1.82) is 0 Å². The molecule has 0 heterocycles. The van der Waals surface area contributed by atoms with Gasteiger partial charge in [-0.05, 0) is 17.7 Å². The first-order valence-corrected chi connectivity index (χ1v) is 4.23. The van der Waals surface area contributed by atoms with Crippen LogP contribution in [0.1, 0.15) is 11.5 Å². The molecule has 0 radical (unpaired) electrons. The lowest BCUT2D eigenvalue weighted by Gasteiger charge is -2.11. The topological polar surface area (TPSA) is 46.5 Å². The van der Waals surface area contributed by atoms with E-state index in [1.807, 2.05) is 0 Å². The summed E-state index contributed by atoms with van der Waals surface area (Å²) in [4.78, 5) is 11.1. The first-order chi connectivity index (χ1) is 7.10. The van der Waals surface area contributed by atoms with Crippen molar-refractivity contribution in [3.63, 3.8) is 0 Å². The van der Waals surface area contributed by atoms with Gasteiger partial charge in [0.1, 0.15) is 5.92 Å². The van der Waals surface area contributed by atoms with Crippen LogP contribution in [0.25, 0.3) is 0 Å². The van der Waals surface area contributed by atoms with Gasteiger partial charge in [0.2, 0.25) is 0 Å². The first kappa shape index (κ1) is 11.6. The van der Waals surface area contributed by atoms with Crippen molar-refractivity contribution < 1.29 is 23.4 Å². The largest absolute Gasteiger partial charge is 0.468 e. The highest BCUT2D eigenvalue weighted by atomic mass is 19.2. The minimum atomic E-state index is -1.06. The van der Waals surface area contributed by atoms with E-state index in [1.165, 1.54) is 6.07 Å². The molecule has 1 unspecified atom stereocenters. The van der Waals surface area contributed by atoms with Crippen molar-refractivity contribution in [2.24, 2.45) is 0 Å². The molecule has 5 heteroatoms. The zero-order chi connectivity index (χ0) is 11.4. The van der Waals surface area contributed by atoms with Gasteiger partial charge in [-0.2, -0.15) is 0 Å². The number of hydrogen-bond donors (Lipinski definition) is 1. The number of methoxy groups -OCH3 is 1. The molecule has 0 saturated carbocycles. The molecule has 0 bridgehead atoms. The maximum atomic E-state index is 12.8. The van der Waals surface area contributed by atoms with Crippen LogP contribution in [0, 0.1) is 11.6 Å². The minimum Gasteiger partial charge on any atom is -0.468 e. The van der Waals surface area contributed by atoms with Gasteiger partial charge in [0.05, 0.1) is 13.7 Å². The van der Waals surface area contributed by atoms with Gasteiger partial charge in [0, 0.05) is 0 Å². The minimum absolute atomic E-state index is 0.184. The van der Waals surface area contributed by atoms with E-state index in [4.69, 9.17) is 5.11 Å². The fourth-order valence-corrected chi connectivity index (χ4v) is 1.19. The second kappa shape index (κ2) is 4.84. The van der Waals surface area contributed by atoms with E-state index >= 15 is 0 Å². The summed E-state index contributed by atoms with van der Waals surface area (Å²) in [6.07, 6.45) is 0. The van der Waals surface area contributed by atoms with Crippen LogP contribution in [0.5, 0.6) is 0 Å². The van der Waals surface area contributed by atoms with E-state index in [0.29, 0.717) is 0 Å². The highest BCUT2D eigenvalue weighted by Gasteiger charge is 2.21. The van der Waals surface area contributed by atoms with Crippen molar-refractivity contribution in [2.45, 2.75) is 5.92 Å². The van der Waals surface area contributed by atoms with Crippen LogP contribution < -0.4 is 0 Å². The van der Waals surface area contributed by atoms with E-state index in [1.54, 1.807) is 0 Å². The van der Waals surface area contributed by atoms with Crippen molar-refractivity contribution >= 4 is 5.97 Å². The molecular weight excluding hydrogens is 206 g/mol. The van der Waals surface area contributed by atoms with Crippen LogP contribution >= 0.6 is 0 Å². The molecule has 0 fully saturated rings. The predicted molar refractivity (Wildman–Crippen MR) is 48.2 cm³/mol. The maximum Gasteiger partial charge on any atom is 0.315 e. The molecule has 0 aliphatic rings. The molecule has 1 aromatic rings. The maximum absolute atomic E-state index is 12.8. The smallest absolute Gasteiger partial charge is 0.315 e. The third-order valence-corrected chi connectivity index (χ3v) is 2.01. The van der Waals surface area contributed by atoms with Crippen LogP contribution in [0.15, 0.2) is 18.2 Å². The molecule has 1 atom stereocenters. The summed E-state index contributed by atoms with van der Waals surface area (Å²) >= 11 is 0. The van der Waals surface area contributed by atoms with Gasteiger partial charge < -0.3 is 9.84 Å². The fourth-order valence-electron chi connectivity index (χ4n) is 1.19. The summed E-state index contributed by atoms with van der Waals surface area (Å²) in [5, 5.41) is 8.92. The van der Waals surface area contributed by atoms with Crippen LogP contribution in [0.2, 0.25) is 0 Å². The van der Waals surface area contributed by atoms with Crippen molar-refractivity contribution in [3.05, 3.63) is 35.4 Å². The van der Waals surface area contributed by atoms with Gasteiger partial charge in [-0.15, -0.1) is 0 Å². The van der Waals surface area contributed by atoms with Crippen LogP contribution in [0.3, 0.4) is 0 Å². The van der Waals surface area contributed by atoms with E-state index in [-0.39, 0.29) is 5.56 Å². The van der Waals surface area contributed by atoms with Crippen LogP contribution in [-0.2, 0) is 9.53 Å². The first-order valence-electron chi connectivity index (χ1n) is 4.23. The van der Waals surface area contributed by atoms with Gasteiger partial charge in [-0.3, -0.25) is 4.79 Å². The molecule has 1 aromatic carbocycles. The number of carbonyl (C=O) groups excluding carboxylic acids is 1. The van der Waals surface area contributed by atoms with E-state index < -0.39 is 30.1 Å². The Morgan fingerprint density at radius 3 is 2.60 bits per heavy atom. The number of hydrogen-bond acceptors (Lipinski definition) is 3. The Morgan fingerprint density at radius 2 is 2.13 bits per heavy atom. The quantitative estimate of drug-likeness (QED) is 0.772. The van der Waals surface area contributed by atoms with Crippen LogP contribution in [0.4, 0.5) is 8.78 Å². The lowest BCUT2D eigenvalue weighted by Crippen LogP contribution is -2.18. The summed E-state index contributed by atoms with van der Waals surface area (Å²) in [6.45, 7) is -0.516. The zero-order valence-electron chi connectivity index (χ0n) is 8.04. The fraction of sp³-hybridized carbons (Fsp3) is 0.300. The molecule has 0 aliphatic carbocycles. The normalized spacial score (nSPS) is 12.3. The highest BCUT2D eigenvalue weighted by Crippen LogP contribution is 2.19. The number of halogens is 2. The Labute approximate surface area is 85.3 Å². The number of carbonyl (C=O) groups is 1. The SMILES string of the molecule is COC(=O)C(CO)c1ccc(F)c(F)c1. The third-order valence-electron chi connectivity index (χ3n) is 2.01. The Kier molecular flexibility index (Phi) is 3.74. The molecule has 1 N–H and O–H groups in total. The molecule has 0 aromatic heterocycles. The van der Waals surface area contributed by atoms with Gasteiger partial charge in [0.25, 0.3) is 0 Å². The predicted octanol–water partition coefficient (Wildman–Crippen LogP) is 1.21. The summed E-state index contributed by atoms with van der Waals surface area (Å²) in [6, 6.07) is 3.00. The molecule has 1 rings (SSSR count). The van der Waals surface area contributed by atoms with E-state index in [2.05, 4.69) is 4.74 Å². The van der Waals surface area contributed by atoms with Gasteiger partial charge >= 0.3 is 5.97 Å². The molecular formula is C10H10F2O3. The molecule has 0 aliphatic heterocycles. The Hall–Kier alpha value is -1.49. The van der Waals surface area contributed by atoms with Crippen molar-refractivity contribution in [3.8, 4) is 0 Å². The summed E-state index contributed by atoms with van der Waals surface area (Å²) < 4.78 is 29.8. The number of ether oxygens (including phenoxy) is 1. The molecule has 82 valence electrons. The Morgan fingerprint density at radius 1 is 1.47 bits per heavy atom. The molecule has 0 spiro atoms. The summed E-state index contributed by atoms with van der Waals surface area (Å²) in [7, 11) is 1.16. The van der Waals surface area contributed by atoms with Gasteiger partial charge in [-0.25, -0.2) is 8.78 Å². The van der Waals surface area contributed by atoms with Gasteiger partial charge in [0.15, 0.2) is 11.6 Å². The average Bonchev–Trinajstić information content (AvgIpc) is 2.24. The standard InChI is InChI=1S/C10H10F2O3/c1-15-10(14)7(5-13)6-2-3-8(11)9(12)4-6/h2-4,7,13H,5H2,1H3. The lowest BCUT2D eigenvalue weighted by molar-refractivity contribution is -0.143. The monoisotopic (exact) mass is 216 g/mol. The molecule has 3 nitrogen and oxygen atoms in total. The Bertz CT molecular complexity index is 366. The highest BCUT2D eigenvalue weighted by molar-refractivity contribution is 5.78. The second-order valence-corrected chi connectivity index (χ2v) is 2.93. The second-order valence-electron chi connectivity index (χ2n) is 2.93. The van der Waals surface area contributed by atoms with Crippen molar-refractivity contribution in [1.82, 2.24) is 0 Å². The summed E-state index contributed by atoms with van der Waals surface area (Å²) in [5.74, 6) is -3.73. The van der Waals surface area contributed by atoms with Crippen molar-refractivity contribution in [2.75, 3.05) is 13.7 Å². The van der Waals surface area contributed by atoms with E-state index in [9.17, 15) is 13.6 Å². The number of benzene rings is 1. The third kappa shape index (κ3) is 2.50. The number of rotatable bonds is 3. The zero-order valence-corrected chi connectivity index (χ0v) is 8.04. The van der Waals surface area contributed by atoms with Crippen LogP contribution in [-0.4, -0.2) is 24.8 Å². The van der Waals surface area contributed by atoms with Gasteiger partial charge in [-0.1, -0.05) is 6.07 Å². The Balaban J connectivity index is 3.02. The summed E-state index contributed by atoms with van der Waals surface area (Å²) in [5.41, 5.74) is 0.184. The molecule has 0 amide bonds. The number of aliphatic hydroxyl groups is 1. The number of esters is 1. The average molecular weight is 216 g/mol. The number of aliphatic hydroxyl groups excluding tert-OH is 1. The van der Waals surface area contributed by atoms with E-state index in [0.717, 1.165) is 19.2 Å².